The van der Waals surface area contributed by atoms with Crippen molar-refractivity contribution in [2.75, 3.05) is 24.5 Å². The van der Waals surface area contributed by atoms with E-state index >= 15 is 0 Å². The molecule has 0 N–H and O–H groups in total. The summed E-state index contributed by atoms with van der Waals surface area (Å²) in [6.45, 7) is 6.60. The molecule has 138 valence electrons. The Morgan fingerprint density at radius 1 is 1.15 bits per heavy atom. The average Bonchev–Trinajstić information content (AvgIpc) is 3.22. The van der Waals surface area contributed by atoms with Gasteiger partial charge >= 0.3 is 0 Å². The van der Waals surface area contributed by atoms with Crippen LogP contribution in [0, 0.1) is 6.92 Å². The number of carbonyl (C=O) groups is 1. The van der Waals surface area contributed by atoms with Gasteiger partial charge in [-0.15, -0.1) is 11.3 Å². The van der Waals surface area contributed by atoms with Crippen LogP contribution < -0.4 is 4.90 Å². The molecule has 0 radical (unpaired) electrons. The Morgan fingerprint density at radius 3 is 2.78 bits per heavy atom. The van der Waals surface area contributed by atoms with E-state index in [9.17, 15) is 4.79 Å². The number of anilines is 1. The van der Waals surface area contributed by atoms with Crippen LogP contribution in [-0.4, -0.2) is 41.5 Å². The fourth-order valence-electron chi connectivity index (χ4n) is 3.64. The number of thiophene rings is 1. The van der Waals surface area contributed by atoms with E-state index in [0.29, 0.717) is 5.56 Å². The minimum absolute atomic E-state index is 0.0888. The molecule has 1 saturated heterocycles. The number of rotatable bonds is 3. The van der Waals surface area contributed by atoms with Crippen LogP contribution in [-0.2, 0) is 0 Å². The molecule has 1 aromatic carbocycles. The maximum absolute atomic E-state index is 13.0. The Kier molecular flexibility index (Phi) is 4.94. The second kappa shape index (κ2) is 7.53. The van der Waals surface area contributed by atoms with Crippen molar-refractivity contribution in [3.05, 3.63) is 71.2 Å². The van der Waals surface area contributed by atoms with Gasteiger partial charge in [0.2, 0.25) is 0 Å². The molecule has 0 bridgehead atoms. The summed E-state index contributed by atoms with van der Waals surface area (Å²) in [4.78, 5) is 22.9. The summed E-state index contributed by atoms with van der Waals surface area (Å²) in [5.41, 5.74) is 4.07. The van der Waals surface area contributed by atoms with E-state index in [4.69, 9.17) is 0 Å². The second-order valence-electron chi connectivity index (χ2n) is 7.04. The standard InChI is InChI=1S/C22H23N3OS/c1-16-5-3-6-19(13-16)25-11-10-24(15-17(25)2)22(26)18-8-9-23-20(14-18)21-7-4-12-27-21/h3-9,12-14,17H,10-11,15H2,1-2H3/t17-/m0/s1. The molecule has 0 unspecified atom stereocenters. The number of hydrogen-bond acceptors (Lipinski definition) is 4. The van der Waals surface area contributed by atoms with Crippen LogP contribution in [0.25, 0.3) is 10.6 Å². The molecule has 1 aliphatic rings. The van der Waals surface area contributed by atoms with Crippen LogP contribution in [0.4, 0.5) is 5.69 Å². The van der Waals surface area contributed by atoms with Gasteiger partial charge in [0.15, 0.2) is 0 Å². The summed E-state index contributed by atoms with van der Waals surface area (Å²) in [7, 11) is 0. The van der Waals surface area contributed by atoms with Crippen molar-refractivity contribution in [2.45, 2.75) is 19.9 Å². The first kappa shape index (κ1) is 17.7. The van der Waals surface area contributed by atoms with E-state index in [1.165, 1.54) is 11.3 Å². The van der Waals surface area contributed by atoms with Crippen molar-refractivity contribution in [2.24, 2.45) is 0 Å². The zero-order valence-corrected chi connectivity index (χ0v) is 16.4. The highest BCUT2D eigenvalue weighted by molar-refractivity contribution is 7.13. The van der Waals surface area contributed by atoms with E-state index in [0.717, 1.165) is 30.2 Å². The summed E-state index contributed by atoms with van der Waals surface area (Å²) in [5.74, 6) is 0.0888. The zero-order valence-electron chi connectivity index (χ0n) is 15.6. The molecule has 4 rings (SSSR count). The van der Waals surface area contributed by atoms with Gasteiger partial charge in [-0.3, -0.25) is 9.78 Å². The Morgan fingerprint density at radius 2 is 2.04 bits per heavy atom. The van der Waals surface area contributed by atoms with Crippen molar-refractivity contribution in [1.29, 1.82) is 0 Å². The van der Waals surface area contributed by atoms with Crippen LogP contribution in [0.15, 0.2) is 60.1 Å². The molecule has 0 aliphatic carbocycles. The number of piperazine rings is 1. The van der Waals surface area contributed by atoms with Gasteiger partial charge in [-0.25, -0.2) is 0 Å². The third kappa shape index (κ3) is 3.74. The molecule has 5 heteroatoms. The number of benzene rings is 1. The molecular weight excluding hydrogens is 354 g/mol. The highest BCUT2D eigenvalue weighted by Gasteiger charge is 2.27. The van der Waals surface area contributed by atoms with Crippen LogP contribution in [0.2, 0.25) is 0 Å². The quantitative estimate of drug-likeness (QED) is 0.676. The number of pyridine rings is 1. The summed E-state index contributed by atoms with van der Waals surface area (Å²) in [6.07, 6.45) is 1.73. The first-order valence-electron chi connectivity index (χ1n) is 9.24. The van der Waals surface area contributed by atoms with Gasteiger partial charge in [-0.1, -0.05) is 18.2 Å². The van der Waals surface area contributed by atoms with Gasteiger partial charge < -0.3 is 9.80 Å². The molecule has 3 heterocycles. The van der Waals surface area contributed by atoms with E-state index in [-0.39, 0.29) is 11.9 Å². The summed E-state index contributed by atoms with van der Waals surface area (Å²) < 4.78 is 0. The highest BCUT2D eigenvalue weighted by atomic mass is 32.1. The Bertz CT molecular complexity index is 938. The lowest BCUT2D eigenvalue weighted by atomic mass is 10.1. The zero-order chi connectivity index (χ0) is 18.8. The lowest BCUT2D eigenvalue weighted by molar-refractivity contribution is 0.0726. The molecule has 2 aromatic heterocycles. The second-order valence-corrected chi connectivity index (χ2v) is 7.99. The molecule has 1 aliphatic heterocycles. The monoisotopic (exact) mass is 377 g/mol. The molecular formula is C22H23N3OS. The molecule has 1 fully saturated rings. The third-order valence-electron chi connectivity index (χ3n) is 5.03. The fourth-order valence-corrected chi connectivity index (χ4v) is 4.33. The van der Waals surface area contributed by atoms with Crippen LogP contribution in [0.3, 0.4) is 0 Å². The molecule has 1 amide bonds. The third-order valence-corrected chi connectivity index (χ3v) is 5.92. The van der Waals surface area contributed by atoms with E-state index in [1.54, 1.807) is 17.5 Å². The maximum Gasteiger partial charge on any atom is 0.254 e. The topological polar surface area (TPSA) is 36.4 Å². The smallest absolute Gasteiger partial charge is 0.254 e. The molecule has 0 saturated carbocycles. The molecule has 0 spiro atoms. The normalized spacial score (nSPS) is 17.2. The van der Waals surface area contributed by atoms with E-state index in [2.05, 4.69) is 48.0 Å². The van der Waals surface area contributed by atoms with Crippen molar-refractivity contribution >= 4 is 22.9 Å². The average molecular weight is 378 g/mol. The number of aromatic nitrogens is 1. The van der Waals surface area contributed by atoms with Gasteiger partial charge in [0.1, 0.15) is 0 Å². The van der Waals surface area contributed by atoms with Crippen molar-refractivity contribution in [3.8, 4) is 10.6 Å². The van der Waals surface area contributed by atoms with Crippen LogP contribution >= 0.6 is 11.3 Å². The van der Waals surface area contributed by atoms with Crippen molar-refractivity contribution in [1.82, 2.24) is 9.88 Å². The van der Waals surface area contributed by atoms with Gasteiger partial charge in [-0.05, 0) is 55.1 Å². The lowest BCUT2D eigenvalue weighted by Gasteiger charge is -2.41. The summed E-state index contributed by atoms with van der Waals surface area (Å²) >= 11 is 1.64. The van der Waals surface area contributed by atoms with Gasteiger partial charge in [0.25, 0.3) is 5.91 Å². The number of carbonyl (C=O) groups excluding carboxylic acids is 1. The van der Waals surface area contributed by atoms with Crippen LogP contribution in [0.1, 0.15) is 22.8 Å². The van der Waals surface area contributed by atoms with E-state index < -0.39 is 0 Å². The Hall–Kier alpha value is -2.66. The number of amides is 1. The van der Waals surface area contributed by atoms with E-state index in [1.807, 2.05) is 34.5 Å². The summed E-state index contributed by atoms with van der Waals surface area (Å²) in [6, 6.07) is 16.6. The number of aryl methyl sites for hydroxylation is 1. The summed E-state index contributed by atoms with van der Waals surface area (Å²) in [5, 5.41) is 2.03. The van der Waals surface area contributed by atoms with Crippen LogP contribution in [0.5, 0.6) is 0 Å². The number of hydrogen-bond donors (Lipinski definition) is 0. The Labute approximate surface area is 164 Å². The SMILES string of the molecule is Cc1cccc(N2CCN(C(=O)c3ccnc(-c4cccs4)c3)C[C@@H]2C)c1. The minimum Gasteiger partial charge on any atom is -0.365 e. The van der Waals surface area contributed by atoms with Crippen molar-refractivity contribution < 1.29 is 4.79 Å². The molecule has 4 nitrogen and oxygen atoms in total. The first-order chi connectivity index (χ1) is 13.1. The predicted octanol–water partition coefficient (Wildman–Crippen LogP) is 4.47. The lowest BCUT2D eigenvalue weighted by Crippen LogP contribution is -2.53. The van der Waals surface area contributed by atoms with Gasteiger partial charge in [-0.2, -0.15) is 0 Å². The fraction of sp³-hybridized carbons (Fsp3) is 0.273. The van der Waals surface area contributed by atoms with Gasteiger partial charge in [0.05, 0.1) is 10.6 Å². The molecule has 1 atom stereocenters. The van der Waals surface area contributed by atoms with Crippen molar-refractivity contribution in [3.63, 3.8) is 0 Å². The molecule has 27 heavy (non-hydrogen) atoms. The highest BCUT2D eigenvalue weighted by Crippen LogP contribution is 2.25. The minimum atomic E-state index is 0.0888. The van der Waals surface area contributed by atoms with Gasteiger partial charge in [0, 0.05) is 43.1 Å². The maximum atomic E-state index is 13.0. The Balaban J connectivity index is 1.49. The largest absolute Gasteiger partial charge is 0.365 e. The predicted molar refractivity (Wildman–Crippen MR) is 111 cm³/mol. The molecule has 3 aromatic rings. The first-order valence-corrected chi connectivity index (χ1v) is 10.1. The number of nitrogens with zero attached hydrogens (tertiary/aromatic N) is 3.